The molecule has 0 aromatic heterocycles. The van der Waals surface area contributed by atoms with E-state index >= 15 is 0 Å². The Morgan fingerprint density at radius 1 is 1.05 bits per heavy atom. The van der Waals surface area contributed by atoms with Crippen LogP contribution in [0.15, 0.2) is 60.7 Å². The Balaban J connectivity index is 2.15. The highest BCUT2D eigenvalue weighted by molar-refractivity contribution is 5.35. The number of ether oxygens (including phenoxy) is 1. The first-order chi connectivity index (χ1) is 9.29. The first-order valence-corrected chi connectivity index (χ1v) is 6.46. The van der Waals surface area contributed by atoms with E-state index in [9.17, 15) is 4.39 Å². The molecule has 0 saturated carbocycles. The summed E-state index contributed by atoms with van der Waals surface area (Å²) in [7, 11) is 0. The van der Waals surface area contributed by atoms with Crippen LogP contribution in [0.5, 0.6) is 11.5 Å². The zero-order valence-electron chi connectivity index (χ0n) is 11.0. The van der Waals surface area contributed by atoms with E-state index in [2.05, 4.69) is 19.1 Å². The Hall–Kier alpha value is -2.09. The van der Waals surface area contributed by atoms with E-state index in [4.69, 9.17) is 4.74 Å². The quantitative estimate of drug-likeness (QED) is 0.674. The third-order valence-electron chi connectivity index (χ3n) is 2.72. The molecular formula is C17H17FO. The molecule has 0 atom stereocenters. The van der Waals surface area contributed by atoms with Gasteiger partial charge in [-0.1, -0.05) is 43.3 Å². The average molecular weight is 256 g/mol. The lowest BCUT2D eigenvalue weighted by molar-refractivity contribution is 0.441. The number of halogens is 1. The van der Waals surface area contributed by atoms with Crippen molar-refractivity contribution in [2.45, 2.75) is 19.8 Å². The molecule has 19 heavy (non-hydrogen) atoms. The van der Waals surface area contributed by atoms with Gasteiger partial charge < -0.3 is 4.74 Å². The van der Waals surface area contributed by atoms with Crippen molar-refractivity contribution in [3.8, 4) is 11.5 Å². The maximum Gasteiger partial charge on any atom is 0.165 e. The summed E-state index contributed by atoms with van der Waals surface area (Å²) in [6.07, 6.45) is 5.98. The topological polar surface area (TPSA) is 9.23 Å². The van der Waals surface area contributed by atoms with Crippen molar-refractivity contribution in [2.75, 3.05) is 0 Å². The van der Waals surface area contributed by atoms with E-state index < -0.39 is 0 Å². The van der Waals surface area contributed by atoms with Crippen LogP contribution in [0.4, 0.5) is 4.39 Å². The van der Waals surface area contributed by atoms with E-state index in [-0.39, 0.29) is 11.6 Å². The third kappa shape index (κ3) is 3.95. The molecule has 98 valence electrons. The molecule has 2 aromatic carbocycles. The Morgan fingerprint density at radius 3 is 2.58 bits per heavy atom. The lowest BCUT2D eigenvalue weighted by Crippen LogP contribution is -1.90. The largest absolute Gasteiger partial charge is 0.454 e. The Bertz CT molecular complexity index is 546. The van der Waals surface area contributed by atoms with Gasteiger partial charge in [0.1, 0.15) is 5.75 Å². The van der Waals surface area contributed by atoms with Crippen molar-refractivity contribution in [1.29, 1.82) is 0 Å². The van der Waals surface area contributed by atoms with Gasteiger partial charge in [0.25, 0.3) is 0 Å². The van der Waals surface area contributed by atoms with Crippen LogP contribution < -0.4 is 4.74 Å². The van der Waals surface area contributed by atoms with Gasteiger partial charge in [0.15, 0.2) is 11.6 Å². The highest BCUT2D eigenvalue weighted by atomic mass is 19.1. The number of allylic oxidation sites excluding steroid dienone is 2. The van der Waals surface area contributed by atoms with Gasteiger partial charge in [-0.3, -0.25) is 0 Å². The van der Waals surface area contributed by atoms with Gasteiger partial charge in [-0.05, 0) is 42.7 Å². The summed E-state index contributed by atoms with van der Waals surface area (Å²) in [5, 5.41) is 0. The molecule has 2 aromatic rings. The van der Waals surface area contributed by atoms with Gasteiger partial charge >= 0.3 is 0 Å². The van der Waals surface area contributed by atoms with Crippen LogP contribution in [0.25, 0.3) is 0 Å². The molecule has 0 aliphatic carbocycles. The minimum atomic E-state index is -0.341. The lowest BCUT2D eigenvalue weighted by atomic mass is 10.1. The average Bonchev–Trinajstić information content (AvgIpc) is 2.44. The molecule has 0 N–H and O–H groups in total. The van der Waals surface area contributed by atoms with E-state index in [0.29, 0.717) is 5.75 Å². The predicted octanol–water partition coefficient (Wildman–Crippen LogP) is 5.13. The SMILES string of the molecule is CC/C=C/Cc1ccc(F)c(Oc2ccccc2)c1. The first-order valence-electron chi connectivity index (χ1n) is 6.46. The maximum absolute atomic E-state index is 13.7. The minimum absolute atomic E-state index is 0.272. The molecule has 0 aliphatic heterocycles. The molecule has 0 spiro atoms. The third-order valence-corrected chi connectivity index (χ3v) is 2.72. The van der Waals surface area contributed by atoms with Crippen molar-refractivity contribution in [1.82, 2.24) is 0 Å². The van der Waals surface area contributed by atoms with Crippen LogP contribution in [0.2, 0.25) is 0 Å². The molecule has 0 fully saturated rings. The summed E-state index contributed by atoms with van der Waals surface area (Å²) >= 11 is 0. The highest BCUT2D eigenvalue weighted by Gasteiger charge is 2.05. The number of benzene rings is 2. The van der Waals surface area contributed by atoms with E-state index in [0.717, 1.165) is 18.4 Å². The zero-order valence-corrected chi connectivity index (χ0v) is 11.0. The summed E-state index contributed by atoms with van der Waals surface area (Å²) < 4.78 is 19.3. The monoisotopic (exact) mass is 256 g/mol. The Labute approximate surface area is 113 Å². The van der Waals surface area contributed by atoms with Gasteiger partial charge in [0, 0.05) is 0 Å². The first kappa shape index (κ1) is 13.3. The molecule has 0 radical (unpaired) electrons. The van der Waals surface area contributed by atoms with Gasteiger partial charge in [-0.15, -0.1) is 0 Å². The number of para-hydroxylation sites is 1. The van der Waals surface area contributed by atoms with Crippen LogP contribution in [-0.2, 0) is 6.42 Å². The van der Waals surface area contributed by atoms with Gasteiger partial charge in [0.2, 0.25) is 0 Å². The molecule has 0 saturated heterocycles. The van der Waals surface area contributed by atoms with E-state index in [1.54, 1.807) is 12.1 Å². The van der Waals surface area contributed by atoms with Gasteiger partial charge in [-0.2, -0.15) is 0 Å². The standard InChI is InChI=1S/C17H17FO/c1-2-3-5-8-14-11-12-16(18)17(13-14)19-15-9-6-4-7-10-15/h3-7,9-13H,2,8H2,1H3/b5-3+. The van der Waals surface area contributed by atoms with Gasteiger partial charge in [-0.25, -0.2) is 4.39 Å². The maximum atomic E-state index is 13.7. The number of rotatable bonds is 5. The van der Waals surface area contributed by atoms with Crippen LogP contribution in [0.1, 0.15) is 18.9 Å². The fraction of sp³-hybridized carbons (Fsp3) is 0.176. The smallest absolute Gasteiger partial charge is 0.165 e. The second-order valence-corrected chi connectivity index (χ2v) is 4.26. The Kier molecular flexibility index (Phi) is 4.73. The molecule has 2 rings (SSSR count). The number of hydrogen-bond donors (Lipinski definition) is 0. The van der Waals surface area contributed by atoms with E-state index in [1.807, 2.05) is 30.3 Å². The van der Waals surface area contributed by atoms with Crippen LogP contribution in [0.3, 0.4) is 0 Å². The molecule has 0 heterocycles. The van der Waals surface area contributed by atoms with Crippen LogP contribution >= 0.6 is 0 Å². The minimum Gasteiger partial charge on any atom is -0.454 e. The fourth-order valence-corrected chi connectivity index (χ4v) is 1.75. The second kappa shape index (κ2) is 6.74. The summed E-state index contributed by atoms with van der Waals surface area (Å²) in [6.45, 7) is 2.09. The summed E-state index contributed by atoms with van der Waals surface area (Å²) in [6, 6.07) is 14.2. The molecule has 0 bridgehead atoms. The molecule has 0 unspecified atom stereocenters. The predicted molar refractivity (Wildman–Crippen MR) is 76.1 cm³/mol. The molecule has 0 aliphatic rings. The lowest BCUT2D eigenvalue weighted by Gasteiger charge is -2.08. The van der Waals surface area contributed by atoms with Crippen molar-refractivity contribution >= 4 is 0 Å². The fourth-order valence-electron chi connectivity index (χ4n) is 1.75. The van der Waals surface area contributed by atoms with Crippen molar-refractivity contribution in [3.63, 3.8) is 0 Å². The summed E-state index contributed by atoms with van der Waals surface area (Å²) in [5.74, 6) is 0.573. The second-order valence-electron chi connectivity index (χ2n) is 4.26. The normalized spacial score (nSPS) is 10.8. The van der Waals surface area contributed by atoms with Crippen molar-refractivity contribution in [3.05, 3.63) is 72.1 Å². The molecule has 2 heteroatoms. The van der Waals surface area contributed by atoms with Crippen LogP contribution in [0, 0.1) is 5.82 Å². The highest BCUT2D eigenvalue weighted by Crippen LogP contribution is 2.25. The van der Waals surface area contributed by atoms with E-state index in [1.165, 1.54) is 6.07 Å². The van der Waals surface area contributed by atoms with Crippen LogP contribution in [-0.4, -0.2) is 0 Å². The summed E-state index contributed by atoms with van der Waals surface area (Å²) in [4.78, 5) is 0. The summed E-state index contributed by atoms with van der Waals surface area (Å²) in [5.41, 5.74) is 1.04. The van der Waals surface area contributed by atoms with Crippen molar-refractivity contribution < 1.29 is 9.13 Å². The molecular weight excluding hydrogens is 239 g/mol. The molecule has 0 amide bonds. The van der Waals surface area contributed by atoms with Crippen molar-refractivity contribution in [2.24, 2.45) is 0 Å². The van der Waals surface area contributed by atoms with Gasteiger partial charge in [0.05, 0.1) is 0 Å². The number of hydrogen-bond acceptors (Lipinski definition) is 1. The Morgan fingerprint density at radius 2 is 1.84 bits per heavy atom. The zero-order chi connectivity index (χ0) is 13.5. The molecule has 1 nitrogen and oxygen atoms in total.